The van der Waals surface area contributed by atoms with Crippen molar-refractivity contribution in [3.05, 3.63) is 71.0 Å². The smallest absolute Gasteiger partial charge is 0.235 e. The average molecular weight is 753 g/mol. The molecule has 2 aromatic carbocycles. The molecule has 3 aliphatic rings. The number of nitrogens with zero attached hydrogens (tertiary/aromatic N) is 5. The van der Waals surface area contributed by atoms with Crippen molar-refractivity contribution in [2.45, 2.75) is 43.1 Å². The normalized spacial score (nSPS) is 27.6. The van der Waals surface area contributed by atoms with Gasteiger partial charge in [0, 0.05) is 45.0 Å². The maximum absolute atomic E-state index is 14.8. The minimum absolute atomic E-state index is 0.182. The van der Waals surface area contributed by atoms with E-state index in [0.29, 0.717) is 30.1 Å². The van der Waals surface area contributed by atoms with Gasteiger partial charge in [-0.05, 0) is 70.4 Å². The fraction of sp³-hybridized carbons (Fsp3) is 0.450. The molecule has 7 N–H and O–H groups in total. The lowest BCUT2D eigenvalue weighted by Crippen LogP contribution is -2.85. The Bertz CT molecular complexity index is 2120. The number of aromatic hydroxyl groups is 1. The van der Waals surface area contributed by atoms with Crippen LogP contribution in [0.1, 0.15) is 33.7 Å². The highest BCUT2D eigenvalue weighted by molar-refractivity contribution is 6.33. The Balaban J connectivity index is 1.44. The summed E-state index contributed by atoms with van der Waals surface area (Å²) in [5.41, 5.74) is 14.6. The summed E-state index contributed by atoms with van der Waals surface area (Å²) in [5.74, 6) is -9.38. The second kappa shape index (κ2) is 14.1. The van der Waals surface area contributed by atoms with E-state index in [-0.39, 0.29) is 23.3 Å². The molecule has 1 heterocycles. The van der Waals surface area contributed by atoms with Crippen molar-refractivity contribution in [2.75, 3.05) is 60.3 Å². The lowest BCUT2D eigenvalue weighted by Gasteiger charge is -2.60. The molecule has 2 saturated carbocycles. The number of anilines is 1. The molecule has 6 atom stereocenters. The number of amides is 1. The van der Waals surface area contributed by atoms with E-state index in [4.69, 9.17) is 21.6 Å². The fourth-order valence-electron chi connectivity index (χ4n) is 9.07. The van der Waals surface area contributed by atoms with Crippen molar-refractivity contribution < 1.29 is 33.5 Å². The number of ketones is 4. The number of Topliss-reactive ketones (excluding diaryl/α,β-unsaturated/α-hetero) is 4. The van der Waals surface area contributed by atoms with Crippen molar-refractivity contribution in [2.24, 2.45) is 34.5 Å². The molecule has 3 aliphatic carbocycles. The van der Waals surface area contributed by atoms with Crippen LogP contribution >= 0.6 is 0 Å². The molecule has 6 rings (SSSR count). The van der Waals surface area contributed by atoms with E-state index in [1.165, 1.54) is 19.0 Å². The Morgan fingerprint density at radius 3 is 2.22 bits per heavy atom. The van der Waals surface area contributed by atoms with Gasteiger partial charge in [0.2, 0.25) is 5.91 Å². The SMILES string of the molecule is CN(C)CCN(Cc1ccccc1)Cc1ccc(-c2cc(N(C)C)c3c(c2O)C(=O)C2C(=O)[C@]4(C#N)C(=O)C(C(N)=O)C(=O)[C@@H](N(C)C)[C@]4(N)C[C@]2(N)C3)o1. The molecule has 15 heteroatoms. The van der Waals surface area contributed by atoms with Crippen LogP contribution in [0.15, 0.2) is 52.9 Å². The summed E-state index contributed by atoms with van der Waals surface area (Å²) in [5, 5.41) is 22.7. The maximum Gasteiger partial charge on any atom is 0.235 e. The van der Waals surface area contributed by atoms with Gasteiger partial charge in [-0.1, -0.05) is 30.3 Å². The lowest BCUT2D eigenvalue weighted by molar-refractivity contribution is -0.166. The highest BCUT2D eigenvalue weighted by Gasteiger charge is 2.78. The van der Waals surface area contributed by atoms with Gasteiger partial charge in [0.25, 0.3) is 0 Å². The maximum atomic E-state index is 14.8. The monoisotopic (exact) mass is 752 g/mol. The van der Waals surface area contributed by atoms with Gasteiger partial charge in [-0.3, -0.25) is 33.8 Å². The first-order chi connectivity index (χ1) is 25.8. The first-order valence-corrected chi connectivity index (χ1v) is 18.0. The Hall–Kier alpha value is -5.24. The van der Waals surface area contributed by atoms with Crippen molar-refractivity contribution in [1.82, 2.24) is 14.7 Å². The number of rotatable bonds is 11. The molecule has 0 spiro atoms. The molecule has 2 fully saturated rings. The molecule has 3 aromatic rings. The summed E-state index contributed by atoms with van der Waals surface area (Å²) < 4.78 is 6.32. The zero-order chi connectivity index (χ0) is 40.4. The standard InChI is InChI=1S/C40H48N8O7/c1-45(2)14-15-48(18-22-10-8-7-9-11-22)19-23-12-13-27(55-23)24-16-26(46(3)4)25-17-38(43)20-40(44)34(47(5)6)33(51)29(37(42)54)35(52)39(40,21-41)36(53)30(38)32(50)28(25)31(24)49/h7-13,16,29-30,34,49H,14-15,17-20,43-44H2,1-6H3,(H2,42,54)/t29?,30?,34-,38-,39+,40-/m1/s1. The lowest BCUT2D eigenvalue weighted by atomic mass is 9.42. The van der Waals surface area contributed by atoms with E-state index in [2.05, 4.69) is 21.9 Å². The van der Waals surface area contributed by atoms with Crippen LogP contribution in [0.25, 0.3) is 11.3 Å². The van der Waals surface area contributed by atoms with E-state index in [1.807, 2.05) is 32.3 Å². The molecule has 1 aromatic heterocycles. The van der Waals surface area contributed by atoms with Gasteiger partial charge >= 0.3 is 0 Å². The number of benzene rings is 2. The summed E-state index contributed by atoms with van der Waals surface area (Å²) >= 11 is 0. The minimum atomic E-state index is -2.83. The van der Waals surface area contributed by atoms with Crippen molar-refractivity contribution in [1.29, 1.82) is 5.26 Å². The number of fused-ring (bicyclic) bond motifs is 3. The summed E-state index contributed by atoms with van der Waals surface area (Å²) in [7, 11) is 10.4. The summed E-state index contributed by atoms with van der Waals surface area (Å²) in [6, 6.07) is 15.5. The van der Waals surface area contributed by atoms with E-state index in [0.717, 1.165) is 18.7 Å². The fourth-order valence-corrected chi connectivity index (χ4v) is 9.07. The molecule has 55 heavy (non-hydrogen) atoms. The van der Waals surface area contributed by atoms with Crippen LogP contribution in [0.3, 0.4) is 0 Å². The van der Waals surface area contributed by atoms with Gasteiger partial charge in [0.15, 0.2) is 34.5 Å². The molecule has 1 amide bonds. The number of primary amides is 1. The third kappa shape index (κ3) is 6.14. The number of nitriles is 1. The first kappa shape index (κ1) is 39.5. The van der Waals surface area contributed by atoms with E-state index >= 15 is 0 Å². The zero-order valence-corrected chi connectivity index (χ0v) is 32.0. The van der Waals surface area contributed by atoms with Gasteiger partial charge in [0.05, 0.1) is 35.3 Å². The number of likely N-dealkylation sites (N-methyl/N-ethyl adjacent to an activating group) is 2. The quantitative estimate of drug-likeness (QED) is 0.198. The van der Waals surface area contributed by atoms with E-state index < -0.39 is 75.6 Å². The number of carbonyl (C=O) groups is 5. The van der Waals surface area contributed by atoms with Crippen LogP contribution in [0.2, 0.25) is 0 Å². The molecule has 15 nitrogen and oxygen atoms in total. The van der Waals surface area contributed by atoms with Crippen LogP contribution < -0.4 is 22.1 Å². The molecular formula is C40H48N8O7. The molecule has 2 unspecified atom stereocenters. The third-order valence-corrected chi connectivity index (χ3v) is 11.5. The predicted octanol–water partition coefficient (Wildman–Crippen LogP) is 0.698. The number of hydrogen-bond acceptors (Lipinski definition) is 14. The molecule has 0 saturated heterocycles. The minimum Gasteiger partial charge on any atom is -0.506 e. The van der Waals surface area contributed by atoms with Crippen molar-refractivity contribution in [3.8, 4) is 23.1 Å². The zero-order valence-electron chi connectivity index (χ0n) is 32.0. The van der Waals surface area contributed by atoms with Crippen LogP contribution in [0.4, 0.5) is 5.69 Å². The Labute approximate surface area is 319 Å². The van der Waals surface area contributed by atoms with Gasteiger partial charge in [-0.25, -0.2) is 0 Å². The second-order valence-electron chi connectivity index (χ2n) is 15.9. The Morgan fingerprint density at radius 1 is 0.964 bits per heavy atom. The van der Waals surface area contributed by atoms with Gasteiger partial charge in [-0.15, -0.1) is 0 Å². The Morgan fingerprint density at radius 2 is 1.64 bits per heavy atom. The number of phenols is 1. The van der Waals surface area contributed by atoms with E-state index in [1.54, 1.807) is 43.3 Å². The van der Waals surface area contributed by atoms with Crippen LogP contribution in [0, 0.1) is 28.6 Å². The molecular weight excluding hydrogens is 704 g/mol. The van der Waals surface area contributed by atoms with Gasteiger partial charge in [0.1, 0.15) is 23.2 Å². The predicted molar refractivity (Wildman–Crippen MR) is 202 cm³/mol. The van der Waals surface area contributed by atoms with Crippen molar-refractivity contribution in [3.63, 3.8) is 0 Å². The summed E-state index contributed by atoms with van der Waals surface area (Å²) in [6.45, 7) is 2.68. The number of phenolic OH excluding ortho intramolecular Hbond substituents is 1. The summed E-state index contributed by atoms with van der Waals surface area (Å²) in [6.07, 6.45) is -0.678. The number of carbonyl (C=O) groups excluding carboxylic acids is 5. The number of furan rings is 1. The summed E-state index contributed by atoms with van der Waals surface area (Å²) in [4.78, 5) is 77.3. The highest BCUT2D eigenvalue weighted by atomic mass is 16.3. The molecule has 0 aliphatic heterocycles. The third-order valence-electron chi connectivity index (χ3n) is 11.5. The van der Waals surface area contributed by atoms with Crippen molar-refractivity contribution >= 4 is 34.7 Å². The van der Waals surface area contributed by atoms with Gasteiger partial charge < -0.3 is 36.5 Å². The highest BCUT2D eigenvalue weighted by Crippen LogP contribution is 2.57. The molecule has 0 radical (unpaired) electrons. The molecule has 0 bridgehead atoms. The largest absolute Gasteiger partial charge is 0.506 e. The van der Waals surface area contributed by atoms with Crippen LogP contribution in [0.5, 0.6) is 5.75 Å². The number of nitrogens with two attached hydrogens (primary N) is 3. The van der Waals surface area contributed by atoms with Gasteiger partial charge in [-0.2, -0.15) is 5.26 Å². The first-order valence-electron chi connectivity index (χ1n) is 18.0. The average Bonchev–Trinajstić information content (AvgIpc) is 3.54. The van der Waals surface area contributed by atoms with E-state index in [9.17, 15) is 34.3 Å². The van der Waals surface area contributed by atoms with Crippen LogP contribution in [-0.2, 0) is 38.7 Å². The second-order valence-corrected chi connectivity index (χ2v) is 15.9. The number of hydrogen-bond donors (Lipinski definition) is 4. The topological polar surface area (TPSA) is 234 Å². The Kier molecular flexibility index (Phi) is 10.1. The van der Waals surface area contributed by atoms with Crippen LogP contribution in [-0.4, -0.2) is 121 Å². The molecule has 290 valence electrons.